The number of halogens is 1. The zero-order valence-corrected chi connectivity index (χ0v) is 13.1. The van der Waals surface area contributed by atoms with Gasteiger partial charge in [0, 0.05) is 10.0 Å². The zero-order valence-electron chi connectivity index (χ0n) is 11.5. The summed E-state index contributed by atoms with van der Waals surface area (Å²) in [6, 6.07) is 6.51. The summed E-state index contributed by atoms with van der Waals surface area (Å²) in [5, 5.41) is 3.61. The van der Waals surface area contributed by atoms with Gasteiger partial charge in [-0.1, -0.05) is 22.4 Å². The van der Waals surface area contributed by atoms with Crippen LogP contribution < -0.4 is 10.1 Å². The zero-order chi connectivity index (χ0) is 13.3. The van der Waals surface area contributed by atoms with Gasteiger partial charge in [0.1, 0.15) is 5.75 Å². The van der Waals surface area contributed by atoms with Crippen LogP contribution in [0.4, 0.5) is 0 Å². The second-order valence-electron chi connectivity index (χ2n) is 6.15. The highest BCUT2D eigenvalue weighted by Gasteiger charge is 2.30. The summed E-state index contributed by atoms with van der Waals surface area (Å²) >= 11 is 3.61. The molecule has 0 spiro atoms. The standard InChI is InChI=1S/C16H22BrNO/c1-16(6-3-7-18-16)13-8-14(17)10-15(9-13)19-11-12-4-2-5-12/h8-10,12,18H,2-7,11H2,1H3. The van der Waals surface area contributed by atoms with Crippen molar-refractivity contribution in [1.82, 2.24) is 5.32 Å². The molecule has 0 bridgehead atoms. The van der Waals surface area contributed by atoms with E-state index in [4.69, 9.17) is 4.74 Å². The first-order valence-corrected chi connectivity index (χ1v) is 8.14. The average Bonchev–Trinajstić information content (AvgIpc) is 2.75. The highest BCUT2D eigenvalue weighted by molar-refractivity contribution is 9.10. The third-order valence-corrected chi connectivity index (χ3v) is 5.05. The van der Waals surface area contributed by atoms with Crippen LogP contribution in [0.3, 0.4) is 0 Å². The maximum atomic E-state index is 5.98. The van der Waals surface area contributed by atoms with Crippen LogP contribution >= 0.6 is 15.9 Å². The van der Waals surface area contributed by atoms with Gasteiger partial charge in [-0.3, -0.25) is 0 Å². The van der Waals surface area contributed by atoms with Gasteiger partial charge in [-0.15, -0.1) is 0 Å². The van der Waals surface area contributed by atoms with Crippen molar-refractivity contribution in [2.75, 3.05) is 13.2 Å². The van der Waals surface area contributed by atoms with Crippen LogP contribution in [-0.4, -0.2) is 13.2 Å². The van der Waals surface area contributed by atoms with Gasteiger partial charge in [-0.05, 0) is 68.8 Å². The molecular weight excluding hydrogens is 302 g/mol. The molecule has 3 rings (SSSR count). The Bertz CT molecular complexity index is 450. The minimum Gasteiger partial charge on any atom is -0.493 e. The van der Waals surface area contributed by atoms with E-state index >= 15 is 0 Å². The lowest BCUT2D eigenvalue weighted by Gasteiger charge is -2.27. The Morgan fingerprint density at radius 1 is 1.32 bits per heavy atom. The SMILES string of the molecule is CC1(c2cc(Br)cc(OCC3CCC3)c2)CCCN1. The summed E-state index contributed by atoms with van der Waals surface area (Å²) < 4.78 is 7.09. The number of hydrogen-bond acceptors (Lipinski definition) is 2. The molecule has 0 amide bonds. The summed E-state index contributed by atoms with van der Waals surface area (Å²) in [4.78, 5) is 0. The predicted octanol–water partition coefficient (Wildman–Crippen LogP) is 4.23. The molecule has 2 nitrogen and oxygen atoms in total. The van der Waals surface area contributed by atoms with Gasteiger partial charge in [0.2, 0.25) is 0 Å². The van der Waals surface area contributed by atoms with Crippen molar-refractivity contribution < 1.29 is 4.74 Å². The van der Waals surface area contributed by atoms with Crippen molar-refractivity contribution in [3.8, 4) is 5.75 Å². The van der Waals surface area contributed by atoms with Gasteiger partial charge in [0.25, 0.3) is 0 Å². The monoisotopic (exact) mass is 323 g/mol. The van der Waals surface area contributed by atoms with Crippen LogP contribution in [0.1, 0.15) is 44.6 Å². The van der Waals surface area contributed by atoms with Crippen molar-refractivity contribution in [1.29, 1.82) is 0 Å². The van der Waals surface area contributed by atoms with Crippen molar-refractivity contribution in [3.05, 3.63) is 28.2 Å². The Morgan fingerprint density at radius 2 is 2.16 bits per heavy atom. The number of benzene rings is 1. The third-order valence-electron chi connectivity index (χ3n) is 4.59. The Balaban J connectivity index is 1.75. The first-order chi connectivity index (χ1) is 9.16. The molecule has 3 heteroatoms. The summed E-state index contributed by atoms with van der Waals surface area (Å²) in [6.07, 6.45) is 6.49. The lowest BCUT2D eigenvalue weighted by Crippen LogP contribution is -2.33. The average molecular weight is 324 g/mol. The van der Waals surface area contributed by atoms with E-state index in [0.29, 0.717) is 0 Å². The topological polar surface area (TPSA) is 21.3 Å². The highest BCUT2D eigenvalue weighted by Crippen LogP contribution is 2.35. The molecule has 104 valence electrons. The van der Waals surface area contributed by atoms with E-state index < -0.39 is 0 Å². The molecule has 2 aliphatic rings. The Hall–Kier alpha value is -0.540. The van der Waals surface area contributed by atoms with Crippen molar-refractivity contribution >= 4 is 15.9 Å². The molecule has 1 atom stereocenters. The number of rotatable bonds is 4. The molecule has 1 aromatic carbocycles. The minimum atomic E-state index is 0.109. The van der Waals surface area contributed by atoms with Crippen LogP contribution in [-0.2, 0) is 5.54 Å². The minimum absolute atomic E-state index is 0.109. The molecule has 1 N–H and O–H groups in total. The molecule has 1 unspecified atom stereocenters. The molecule has 1 heterocycles. The quantitative estimate of drug-likeness (QED) is 0.895. The first kappa shape index (κ1) is 13.4. The largest absolute Gasteiger partial charge is 0.493 e. The second kappa shape index (κ2) is 5.45. The molecule has 0 aromatic heterocycles. The van der Waals surface area contributed by atoms with Crippen LogP contribution in [0.5, 0.6) is 5.75 Å². The van der Waals surface area contributed by atoms with E-state index in [-0.39, 0.29) is 5.54 Å². The van der Waals surface area contributed by atoms with E-state index in [1.165, 1.54) is 37.7 Å². The Morgan fingerprint density at radius 3 is 2.79 bits per heavy atom. The molecule has 1 aromatic rings. The predicted molar refractivity (Wildman–Crippen MR) is 81.6 cm³/mol. The van der Waals surface area contributed by atoms with Crippen LogP contribution in [0.25, 0.3) is 0 Å². The van der Waals surface area contributed by atoms with Crippen LogP contribution in [0.15, 0.2) is 22.7 Å². The van der Waals surface area contributed by atoms with Crippen LogP contribution in [0, 0.1) is 5.92 Å². The molecule has 1 saturated heterocycles. The molecule has 1 aliphatic carbocycles. The summed E-state index contributed by atoms with van der Waals surface area (Å²) in [6.45, 7) is 4.28. The molecule has 19 heavy (non-hydrogen) atoms. The normalized spacial score (nSPS) is 27.3. The molecule has 0 radical (unpaired) electrons. The van der Waals surface area contributed by atoms with Crippen LogP contribution in [0.2, 0.25) is 0 Å². The van der Waals surface area contributed by atoms with E-state index in [1.54, 1.807) is 0 Å². The number of nitrogens with one attached hydrogen (secondary N) is 1. The number of ether oxygens (including phenoxy) is 1. The maximum Gasteiger partial charge on any atom is 0.120 e. The van der Waals surface area contributed by atoms with Crippen molar-refractivity contribution in [2.24, 2.45) is 5.92 Å². The van der Waals surface area contributed by atoms with Gasteiger partial charge in [0.15, 0.2) is 0 Å². The van der Waals surface area contributed by atoms with Gasteiger partial charge in [-0.2, -0.15) is 0 Å². The summed E-state index contributed by atoms with van der Waals surface area (Å²) in [7, 11) is 0. The smallest absolute Gasteiger partial charge is 0.120 e. The Kier molecular flexibility index (Phi) is 3.86. The highest BCUT2D eigenvalue weighted by atomic mass is 79.9. The van der Waals surface area contributed by atoms with Gasteiger partial charge in [0.05, 0.1) is 6.61 Å². The molecule has 2 fully saturated rings. The summed E-state index contributed by atoms with van der Waals surface area (Å²) in [5.41, 5.74) is 1.45. The van der Waals surface area contributed by atoms with Crippen molar-refractivity contribution in [2.45, 2.75) is 44.6 Å². The fourth-order valence-electron chi connectivity index (χ4n) is 2.98. The fraction of sp³-hybridized carbons (Fsp3) is 0.625. The van der Waals surface area contributed by atoms with Gasteiger partial charge < -0.3 is 10.1 Å². The van der Waals surface area contributed by atoms with Gasteiger partial charge >= 0.3 is 0 Å². The van der Waals surface area contributed by atoms with Gasteiger partial charge in [-0.25, -0.2) is 0 Å². The third kappa shape index (κ3) is 2.97. The molecule has 1 saturated carbocycles. The van der Waals surface area contributed by atoms with E-state index in [9.17, 15) is 0 Å². The van der Waals surface area contributed by atoms with E-state index in [2.05, 4.69) is 46.4 Å². The fourth-order valence-corrected chi connectivity index (χ4v) is 3.45. The van der Waals surface area contributed by atoms with E-state index in [0.717, 1.165) is 29.3 Å². The summed E-state index contributed by atoms with van der Waals surface area (Å²) in [5.74, 6) is 1.79. The Labute approximate surface area is 124 Å². The van der Waals surface area contributed by atoms with Crippen molar-refractivity contribution in [3.63, 3.8) is 0 Å². The van der Waals surface area contributed by atoms with E-state index in [1.807, 2.05) is 0 Å². The lowest BCUT2D eigenvalue weighted by molar-refractivity contribution is 0.180. The molecule has 1 aliphatic heterocycles. The second-order valence-corrected chi connectivity index (χ2v) is 7.06. The lowest BCUT2D eigenvalue weighted by atomic mass is 9.86. The maximum absolute atomic E-state index is 5.98. The number of hydrogen-bond donors (Lipinski definition) is 1. The molecular formula is C16H22BrNO. The first-order valence-electron chi connectivity index (χ1n) is 7.35.